The normalized spacial score (nSPS) is 26.0. The topological polar surface area (TPSA) is 80.7 Å². The second-order valence-electron chi connectivity index (χ2n) is 5.99. The SMILES string of the molecule is CC[N+](CC)(CC)CC1=C(C(=O)[O-])N2C(=O)[C@H]([C@@H](C)O)[C@H]2S1. The molecule has 0 spiro atoms. The Kier molecular flexibility index (Phi) is 4.89. The fourth-order valence-electron chi connectivity index (χ4n) is 3.27. The summed E-state index contributed by atoms with van der Waals surface area (Å²) < 4.78 is 0.771. The number of thioether (sulfide) groups is 1. The Morgan fingerprint density at radius 1 is 1.36 bits per heavy atom. The van der Waals surface area contributed by atoms with Crippen molar-refractivity contribution in [2.24, 2.45) is 5.92 Å². The highest BCUT2D eigenvalue weighted by molar-refractivity contribution is 8.04. The Bertz CT molecular complexity index is 505. The number of carbonyl (C=O) groups is 2. The molecule has 6 nitrogen and oxygen atoms in total. The number of quaternary nitrogens is 1. The molecule has 2 aliphatic rings. The molecule has 0 bridgehead atoms. The minimum absolute atomic E-state index is 0.00903. The molecule has 1 saturated heterocycles. The maximum atomic E-state index is 12.1. The van der Waals surface area contributed by atoms with Crippen molar-refractivity contribution in [2.45, 2.75) is 39.2 Å². The summed E-state index contributed by atoms with van der Waals surface area (Å²) in [6.45, 7) is 11.1. The number of carboxylic acid groups (broad SMARTS) is 1. The van der Waals surface area contributed by atoms with Gasteiger partial charge in [-0.05, 0) is 27.7 Å². The van der Waals surface area contributed by atoms with Crippen LogP contribution in [0.4, 0.5) is 0 Å². The van der Waals surface area contributed by atoms with E-state index in [1.807, 2.05) is 0 Å². The summed E-state index contributed by atoms with van der Waals surface area (Å²) in [6, 6.07) is 0. The first kappa shape index (κ1) is 17.3. The third-order valence-electron chi connectivity index (χ3n) is 5.06. The van der Waals surface area contributed by atoms with Crippen molar-refractivity contribution in [3.8, 4) is 0 Å². The molecule has 2 rings (SSSR count). The van der Waals surface area contributed by atoms with Gasteiger partial charge in [-0.15, -0.1) is 0 Å². The molecule has 7 heteroatoms. The highest BCUT2D eigenvalue weighted by Crippen LogP contribution is 2.50. The number of rotatable bonds is 7. The predicted molar refractivity (Wildman–Crippen MR) is 82.2 cm³/mol. The van der Waals surface area contributed by atoms with Crippen LogP contribution in [0.1, 0.15) is 27.7 Å². The number of aliphatic hydroxyl groups excluding tert-OH is 1. The molecule has 0 saturated carbocycles. The first-order valence-electron chi connectivity index (χ1n) is 7.79. The van der Waals surface area contributed by atoms with Gasteiger partial charge in [0.1, 0.15) is 11.9 Å². The molecule has 2 aliphatic heterocycles. The van der Waals surface area contributed by atoms with E-state index in [1.54, 1.807) is 6.92 Å². The molecule has 0 aromatic heterocycles. The molecule has 124 valence electrons. The summed E-state index contributed by atoms with van der Waals surface area (Å²) >= 11 is 1.40. The monoisotopic (exact) mass is 328 g/mol. The number of aliphatic carboxylic acids is 1. The van der Waals surface area contributed by atoms with E-state index in [0.29, 0.717) is 11.4 Å². The van der Waals surface area contributed by atoms with E-state index in [9.17, 15) is 19.8 Å². The van der Waals surface area contributed by atoms with Crippen molar-refractivity contribution in [3.63, 3.8) is 0 Å². The van der Waals surface area contributed by atoms with Crippen molar-refractivity contribution in [3.05, 3.63) is 10.6 Å². The molecule has 3 atom stereocenters. The van der Waals surface area contributed by atoms with Crippen LogP contribution in [0.2, 0.25) is 0 Å². The van der Waals surface area contributed by atoms with E-state index in [-0.39, 0.29) is 17.0 Å². The molecule has 0 unspecified atom stereocenters. The lowest BCUT2D eigenvalue weighted by atomic mass is 9.92. The van der Waals surface area contributed by atoms with Crippen molar-refractivity contribution < 1.29 is 24.3 Å². The van der Waals surface area contributed by atoms with E-state index < -0.39 is 18.0 Å². The number of nitrogens with zero attached hydrogens (tertiary/aromatic N) is 2. The lowest BCUT2D eigenvalue weighted by Crippen LogP contribution is -2.61. The summed E-state index contributed by atoms with van der Waals surface area (Å²) in [7, 11) is 0. The summed E-state index contributed by atoms with van der Waals surface area (Å²) in [5, 5.41) is 21.0. The summed E-state index contributed by atoms with van der Waals surface area (Å²) in [6.07, 6.45) is -0.772. The second-order valence-corrected chi connectivity index (χ2v) is 7.20. The van der Waals surface area contributed by atoms with Gasteiger partial charge in [-0.25, -0.2) is 0 Å². The van der Waals surface area contributed by atoms with Gasteiger partial charge in [0.15, 0.2) is 0 Å². The number of β-lactam (4-membered cyclic amide) rings is 1. The molecular formula is C15H24N2O4S. The average molecular weight is 328 g/mol. The standard InChI is InChI=1S/C15H24N2O4S/c1-5-17(6-2,7-3)8-10-12(15(20)21)16-13(19)11(9(4)18)14(16)22-10/h9,11,14,18H,5-8H2,1-4H3/t9-,11+,14-/m1/s1. The number of aliphatic hydroxyl groups is 1. The van der Waals surface area contributed by atoms with E-state index in [0.717, 1.165) is 24.1 Å². The Hall–Kier alpha value is -1.05. The van der Waals surface area contributed by atoms with Gasteiger partial charge < -0.3 is 19.5 Å². The molecule has 1 fully saturated rings. The molecule has 1 amide bonds. The van der Waals surface area contributed by atoms with Crippen molar-refractivity contribution in [1.29, 1.82) is 0 Å². The molecule has 0 aromatic rings. The Balaban J connectivity index is 2.31. The van der Waals surface area contributed by atoms with Crippen LogP contribution >= 0.6 is 11.8 Å². The number of hydrogen-bond acceptors (Lipinski definition) is 5. The van der Waals surface area contributed by atoms with Crippen LogP contribution in [0.3, 0.4) is 0 Å². The summed E-state index contributed by atoms with van der Waals surface area (Å²) in [5.74, 6) is -2.14. The van der Waals surface area contributed by atoms with Crippen LogP contribution in [-0.2, 0) is 9.59 Å². The van der Waals surface area contributed by atoms with Gasteiger partial charge in [0.25, 0.3) is 0 Å². The largest absolute Gasteiger partial charge is 0.543 e. The molecular weight excluding hydrogens is 304 g/mol. The maximum Gasteiger partial charge on any atom is 0.236 e. The van der Waals surface area contributed by atoms with Gasteiger partial charge in [-0.2, -0.15) is 0 Å². The zero-order chi connectivity index (χ0) is 16.7. The lowest BCUT2D eigenvalue weighted by molar-refractivity contribution is -0.918. The smallest absolute Gasteiger partial charge is 0.236 e. The van der Waals surface area contributed by atoms with Gasteiger partial charge in [-0.1, -0.05) is 11.8 Å². The molecule has 22 heavy (non-hydrogen) atoms. The summed E-state index contributed by atoms with van der Waals surface area (Å²) in [4.78, 5) is 25.7. The van der Waals surface area contributed by atoms with Gasteiger partial charge in [0, 0.05) is 0 Å². The van der Waals surface area contributed by atoms with Crippen LogP contribution in [-0.4, -0.2) is 64.0 Å². The third-order valence-corrected chi connectivity index (χ3v) is 6.41. The highest BCUT2D eigenvalue weighted by atomic mass is 32.2. The van der Waals surface area contributed by atoms with Crippen LogP contribution in [0.15, 0.2) is 10.6 Å². The fraction of sp³-hybridized carbons (Fsp3) is 0.733. The first-order valence-corrected chi connectivity index (χ1v) is 8.67. The third kappa shape index (κ3) is 2.55. The van der Waals surface area contributed by atoms with E-state index in [2.05, 4.69) is 20.8 Å². The number of hydrogen-bond donors (Lipinski definition) is 1. The maximum absolute atomic E-state index is 12.1. The van der Waals surface area contributed by atoms with Crippen LogP contribution in [0.25, 0.3) is 0 Å². The zero-order valence-corrected chi connectivity index (χ0v) is 14.4. The average Bonchev–Trinajstić information content (AvgIpc) is 2.78. The fourth-order valence-corrected chi connectivity index (χ4v) is 5.00. The van der Waals surface area contributed by atoms with Gasteiger partial charge >= 0.3 is 0 Å². The van der Waals surface area contributed by atoms with E-state index in [1.165, 1.54) is 16.7 Å². The molecule has 0 radical (unpaired) electrons. The second kappa shape index (κ2) is 6.22. The Labute approximate surface area is 135 Å². The van der Waals surface area contributed by atoms with E-state index in [4.69, 9.17) is 0 Å². The van der Waals surface area contributed by atoms with Crippen molar-refractivity contribution >= 4 is 23.6 Å². The first-order chi connectivity index (χ1) is 10.3. The molecule has 1 N–H and O–H groups in total. The van der Waals surface area contributed by atoms with Crippen molar-refractivity contribution in [2.75, 3.05) is 26.2 Å². The minimum Gasteiger partial charge on any atom is -0.543 e. The minimum atomic E-state index is -1.30. The van der Waals surface area contributed by atoms with Gasteiger partial charge in [0.2, 0.25) is 5.91 Å². The highest BCUT2D eigenvalue weighted by Gasteiger charge is 2.56. The number of carbonyl (C=O) groups excluding carboxylic acids is 2. The van der Waals surface area contributed by atoms with Gasteiger partial charge in [-0.3, -0.25) is 9.69 Å². The Morgan fingerprint density at radius 2 is 1.91 bits per heavy atom. The molecule has 0 aliphatic carbocycles. The van der Waals surface area contributed by atoms with E-state index >= 15 is 0 Å². The molecule has 2 heterocycles. The number of amides is 1. The number of carboxylic acids is 1. The quantitative estimate of drug-likeness (QED) is 0.514. The van der Waals surface area contributed by atoms with Crippen LogP contribution in [0, 0.1) is 5.92 Å². The Morgan fingerprint density at radius 3 is 2.32 bits per heavy atom. The predicted octanol–water partition coefficient (Wildman–Crippen LogP) is -0.263. The number of fused-ring (bicyclic) bond motifs is 1. The number of likely N-dealkylation sites (N-methyl/N-ethyl adjacent to an activating group) is 1. The van der Waals surface area contributed by atoms with Crippen molar-refractivity contribution in [1.82, 2.24) is 4.90 Å². The zero-order valence-electron chi connectivity index (χ0n) is 13.5. The molecule has 0 aromatic carbocycles. The van der Waals surface area contributed by atoms with Crippen LogP contribution in [0.5, 0.6) is 0 Å². The van der Waals surface area contributed by atoms with Gasteiger partial charge in [0.05, 0.1) is 48.2 Å². The summed E-state index contributed by atoms with van der Waals surface area (Å²) in [5.41, 5.74) is 0.00903. The van der Waals surface area contributed by atoms with Crippen LogP contribution < -0.4 is 5.11 Å². The lowest BCUT2D eigenvalue weighted by Gasteiger charge is -2.44.